The Labute approximate surface area is 137 Å². The highest BCUT2D eigenvalue weighted by molar-refractivity contribution is 5.92. The molecule has 23 heavy (non-hydrogen) atoms. The smallest absolute Gasteiger partial charge is 0.317 e. The van der Waals surface area contributed by atoms with Crippen LogP contribution in [0, 0.1) is 5.92 Å². The lowest BCUT2D eigenvalue weighted by molar-refractivity contribution is -0.117. The molecule has 1 aromatic rings. The number of para-hydroxylation sites is 1. The van der Waals surface area contributed by atoms with Gasteiger partial charge < -0.3 is 15.5 Å². The number of carbonyl (C=O) groups excluding carboxylic acids is 2. The maximum absolute atomic E-state index is 12.0. The van der Waals surface area contributed by atoms with Gasteiger partial charge in [0, 0.05) is 38.4 Å². The second-order valence-electron chi connectivity index (χ2n) is 6.26. The summed E-state index contributed by atoms with van der Waals surface area (Å²) in [5, 5.41) is 5.81. The Balaban J connectivity index is 1.70. The molecule has 0 radical (unpaired) electrons. The minimum Gasteiger partial charge on any atom is -0.338 e. The molecule has 0 spiro atoms. The van der Waals surface area contributed by atoms with Crippen molar-refractivity contribution in [1.29, 1.82) is 0 Å². The summed E-state index contributed by atoms with van der Waals surface area (Å²) in [4.78, 5) is 27.9. The highest BCUT2D eigenvalue weighted by atomic mass is 16.2. The first kappa shape index (κ1) is 17.3. The molecule has 0 saturated carbocycles. The van der Waals surface area contributed by atoms with Crippen LogP contribution in [-0.2, 0) is 4.79 Å². The number of hydrogen-bond donors (Lipinski definition) is 2. The van der Waals surface area contributed by atoms with Gasteiger partial charge in [0.15, 0.2) is 0 Å². The summed E-state index contributed by atoms with van der Waals surface area (Å²) in [6.07, 6.45) is 0. The van der Waals surface area contributed by atoms with Crippen LogP contribution in [0.15, 0.2) is 30.3 Å². The molecule has 1 aliphatic heterocycles. The van der Waals surface area contributed by atoms with Crippen LogP contribution in [0.1, 0.15) is 13.8 Å². The van der Waals surface area contributed by atoms with Gasteiger partial charge in [0.1, 0.15) is 0 Å². The van der Waals surface area contributed by atoms with Gasteiger partial charge in [-0.05, 0) is 18.1 Å². The monoisotopic (exact) mass is 318 g/mol. The number of urea groups is 1. The summed E-state index contributed by atoms with van der Waals surface area (Å²) in [5.74, 6) is 0.427. The van der Waals surface area contributed by atoms with Crippen molar-refractivity contribution in [1.82, 2.24) is 15.1 Å². The summed E-state index contributed by atoms with van der Waals surface area (Å²) in [7, 11) is 0. The first-order valence-electron chi connectivity index (χ1n) is 8.14. The Morgan fingerprint density at radius 3 is 2.35 bits per heavy atom. The molecule has 1 aromatic carbocycles. The number of nitrogens with one attached hydrogen (secondary N) is 2. The van der Waals surface area contributed by atoms with Crippen LogP contribution >= 0.6 is 0 Å². The Morgan fingerprint density at radius 2 is 1.74 bits per heavy atom. The Morgan fingerprint density at radius 1 is 1.09 bits per heavy atom. The van der Waals surface area contributed by atoms with E-state index in [4.69, 9.17) is 0 Å². The SMILES string of the molecule is CC(C)CNC(=O)N1CCN(CC(=O)Nc2ccccc2)CC1. The van der Waals surface area contributed by atoms with E-state index in [0.29, 0.717) is 32.1 Å². The lowest BCUT2D eigenvalue weighted by atomic mass is 10.2. The van der Waals surface area contributed by atoms with Crippen molar-refractivity contribution in [3.8, 4) is 0 Å². The number of benzene rings is 1. The van der Waals surface area contributed by atoms with Crippen molar-refractivity contribution in [2.24, 2.45) is 5.92 Å². The van der Waals surface area contributed by atoms with Crippen LogP contribution in [0.25, 0.3) is 0 Å². The van der Waals surface area contributed by atoms with Gasteiger partial charge in [-0.25, -0.2) is 4.79 Å². The van der Waals surface area contributed by atoms with Crippen molar-refractivity contribution >= 4 is 17.6 Å². The molecular formula is C17H26N4O2. The van der Waals surface area contributed by atoms with Crippen LogP contribution in [0.2, 0.25) is 0 Å². The van der Waals surface area contributed by atoms with E-state index in [9.17, 15) is 9.59 Å². The summed E-state index contributed by atoms with van der Waals surface area (Å²) in [6.45, 7) is 7.95. The summed E-state index contributed by atoms with van der Waals surface area (Å²) < 4.78 is 0. The molecule has 1 fully saturated rings. The normalized spacial score (nSPS) is 15.5. The van der Waals surface area contributed by atoms with E-state index in [2.05, 4.69) is 29.4 Å². The molecule has 6 heteroatoms. The molecule has 0 bridgehead atoms. The van der Waals surface area contributed by atoms with E-state index in [1.807, 2.05) is 35.2 Å². The summed E-state index contributed by atoms with van der Waals surface area (Å²) >= 11 is 0. The lowest BCUT2D eigenvalue weighted by Crippen LogP contribution is -2.53. The highest BCUT2D eigenvalue weighted by Gasteiger charge is 2.22. The van der Waals surface area contributed by atoms with E-state index in [1.54, 1.807) is 0 Å². The molecule has 1 heterocycles. The van der Waals surface area contributed by atoms with Crippen LogP contribution in [0.3, 0.4) is 0 Å². The number of amides is 3. The van der Waals surface area contributed by atoms with Crippen LogP contribution in [-0.4, -0.2) is 61.0 Å². The molecule has 2 N–H and O–H groups in total. The van der Waals surface area contributed by atoms with Crippen molar-refractivity contribution in [3.05, 3.63) is 30.3 Å². The molecule has 0 unspecified atom stereocenters. The molecule has 1 saturated heterocycles. The number of hydrogen-bond acceptors (Lipinski definition) is 3. The quantitative estimate of drug-likeness (QED) is 0.867. The zero-order valence-electron chi connectivity index (χ0n) is 13.9. The number of piperazine rings is 1. The number of rotatable bonds is 5. The van der Waals surface area contributed by atoms with Crippen molar-refractivity contribution in [3.63, 3.8) is 0 Å². The largest absolute Gasteiger partial charge is 0.338 e. The fraction of sp³-hybridized carbons (Fsp3) is 0.529. The van der Waals surface area contributed by atoms with Gasteiger partial charge >= 0.3 is 6.03 Å². The number of carbonyl (C=O) groups is 2. The molecule has 0 aliphatic carbocycles. The molecule has 0 aromatic heterocycles. The number of anilines is 1. The molecule has 1 aliphatic rings. The lowest BCUT2D eigenvalue weighted by Gasteiger charge is -2.34. The van der Waals surface area contributed by atoms with E-state index >= 15 is 0 Å². The second-order valence-corrected chi connectivity index (χ2v) is 6.26. The van der Waals surface area contributed by atoms with Crippen molar-refractivity contribution in [2.45, 2.75) is 13.8 Å². The van der Waals surface area contributed by atoms with E-state index in [-0.39, 0.29) is 11.9 Å². The predicted molar refractivity (Wildman–Crippen MR) is 91.3 cm³/mol. The predicted octanol–water partition coefficient (Wildman–Crippen LogP) is 1.61. The maximum atomic E-state index is 12.0. The molecule has 6 nitrogen and oxygen atoms in total. The van der Waals surface area contributed by atoms with E-state index in [0.717, 1.165) is 18.8 Å². The average Bonchev–Trinajstić information content (AvgIpc) is 2.54. The fourth-order valence-electron chi connectivity index (χ4n) is 2.44. The minimum absolute atomic E-state index is 0.00733. The standard InChI is InChI=1S/C17H26N4O2/c1-14(2)12-18-17(23)21-10-8-20(9-11-21)13-16(22)19-15-6-4-3-5-7-15/h3-7,14H,8-13H2,1-2H3,(H,18,23)(H,19,22). The Bertz CT molecular complexity index is 511. The second kappa shape index (κ2) is 8.53. The van der Waals surface area contributed by atoms with Gasteiger partial charge in [-0.3, -0.25) is 9.69 Å². The Hall–Kier alpha value is -2.08. The third-order valence-electron chi connectivity index (χ3n) is 3.75. The zero-order chi connectivity index (χ0) is 16.7. The molecule has 126 valence electrons. The van der Waals surface area contributed by atoms with Crippen LogP contribution in [0.5, 0.6) is 0 Å². The third-order valence-corrected chi connectivity index (χ3v) is 3.75. The highest BCUT2D eigenvalue weighted by Crippen LogP contribution is 2.06. The first-order chi connectivity index (χ1) is 11.0. The van der Waals surface area contributed by atoms with Crippen molar-refractivity contribution < 1.29 is 9.59 Å². The fourth-order valence-corrected chi connectivity index (χ4v) is 2.44. The van der Waals surface area contributed by atoms with Gasteiger partial charge in [-0.2, -0.15) is 0 Å². The summed E-state index contributed by atoms with van der Waals surface area (Å²) in [6, 6.07) is 9.43. The molecule has 0 atom stereocenters. The van der Waals surface area contributed by atoms with Crippen LogP contribution < -0.4 is 10.6 Å². The molecular weight excluding hydrogens is 292 g/mol. The first-order valence-corrected chi connectivity index (χ1v) is 8.14. The van der Waals surface area contributed by atoms with Gasteiger partial charge in [0.05, 0.1) is 6.54 Å². The van der Waals surface area contributed by atoms with Gasteiger partial charge in [-0.15, -0.1) is 0 Å². The van der Waals surface area contributed by atoms with Gasteiger partial charge in [0.2, 0.25) is 5.91 Å². The van der Waals surface area contributed by atoms with E-state index < -0.39 is 0 Å². The number of nitrogens with zero attached hydrogens (tertiary/aromatic N) is 2. The third kappa shape index (κ3) is 5.90. The van der Waals surface area contributed by atoms with E-state index in [1.165, 1.54) is 0 Å². The van der Waals surface area contributed by atoms with Gasteiger partial charge in [0.25, 0.3) is 0 Å². The molecule has 3 amide bonds. The minimum atomic E-state index is -0.0195. The average molecular weight is 318 g/mol. The maximum Gasteiger partial charge on any atom is 0.317 e. The molecule has 2 rings (SSSR count). The van der Waals surface area contributed by atoms with Gasteiger partial charge in [-0.1, -0.05) is 32.0 Å². The Kier molecular flexibility index (Phi) is 6.40. The van der Waals surface area contributed by atoms with Crippen LogP contribution in [0.4, 0.5) is 10.5 Å². The zero-order valence-corrected chi connectivity index (χ0v) is 13.9. The topological polar surface area (TPSA) is 64.7 Å². The summed E-state index contributed by atoms with van der Waals surface area (Å²) in [5.41, 5.74) is 0.809. The van der Waals surface area contributed by atoms with Crippen molar-refractivity contribution in [2.75, 3.05) is 44.6 Å².